The molecule has 0 spiro atoms. The van der Waals surface area contributed by atoms with Crippen LogP contribution in [0.1, 0.15) is 32.8 Å². The molecule has 0 aliphatic carbocycles. The first-order valence-electron chi connectivity index (χ1n) is 6.06. The number of nitrogens with zero attached hydrogens (tertiary/aromatic N) is 2. The van der Waals surface area contributed by atoms with Crippen molar-refractivity contribution in [2.24, 2.45) is 0 Å². The molecule has 1 rings (SSSR count). The Morgan fingerprint density at radius 1 is 1.42 bits per heavy atom. The Balaban J connectivity index is 3.30. The van der Waals surface area contributed by atoms with Gasteiger partial charge >= 0.3 is 0 Å². The van der Waals surface area contributed by atoms with Gasteiger partial charge in [0.15, 0.2) is 0 Å². The topological polar surface area (TPSA) is 61.2 Å². The molecule has 0 bridgehead atoms. The van der Waals surface area contributed by atoms with Crippen molar-refractivity contribution in [3.8, 4) is 6.07 Å². The van der Waals surface area contributed by atoms with Crippen molar-refractivity contribution in [1.29, 1.82) is 5.26 Å². The lowest BCUT2D eigenvalue weighted by Crippen LogP contribution is -2.37. The highest BCUT2D eigenvalue weighted by atomic mass is 35.5. The first-order valence-corrected chi connectivity index (χ1v) is 7.87. The Morgan fingerprint density at radius 2 is 2.05 bits per heavy atom. The molecule has 0 aromatic heterocycles. The van der Waals surface area contributed by atoms with Gasteiger partial charge < -0.3 is 0 Å². The average molecular weight is 301 g/mol. The smallest absolute Gasteiger partial charge is 0.207 e. The summed E-state index contributed by atoms with van der Waals surface area (Å²) in [6.07, 6.45) is 0.727. The predicted octanol–water partition coefficient (Wildman–Crippen LogP) is 3.02. The lowest BCUT2D eigenvalue weighted by Gasteiger charge is -2.25. The second kappa shape index (κ2) is 6.38. The molecule has 0 radical (unpaired) electrons. The first-order chi connectivity index (χ1) is 8.84. The van der Waals surface area contributed by atoms with E-state index in [1.807, 2.05) is 26.8 Å². The molecule has 0 saturated carbocycles. The summed E-state index contributed by atoms with van der Waals surface area (Å²) < 4.78 is 26.5. The van der Waals surface area contributed by atoms with Crippen LogP contribution in [-0.4, -0.2) is 25.3 Å². The van der Waals surface area contributed by atoms with E-state index in [0.29, 0.717) is 12.1 Å². The van der Waals surface area contributed by atoms with Crippen LogP contribution in [0.3, 0.4) is 0 Å². The Morgan fingerprint density at radius 3 is 2.47 bits per heavy atom. The van der Waals surface area contributed by atoms with Crippen LogP contribution < -0.4 is 0 Å². The third-order valence-electron chi connectivity index (χ3n) is 2.67. The largest absolute Gasteiger partial charge is 0.244 e. The molecule has 1 aromatic carbocycles. The van der Waals surface area contributed by atoms with E-state index in [9.17, 15) is 8.42 Å². The zero-order chi connectivity index (χ0) is 14.6. The number of nitriles is 1. The molecule has 6 heteroatoms. The van der Waals surface area contributed by atoms with Gasteiger partial charge in [-0.15, -0.1) is 0 Å². The number of sulfonamides is 1. The summed E-state index contributed by atoms with van der Waals surface area (Å²) in [5.41, 5.74) is 0.343. The molecule has 19 heavy (non-hydrogen) atoms. The van der Waals surface area contributed by atoms with E-state index in [4.69, 9.17) is 16.9 Å². The molecule has 1 aromatic rings. The van der Waals surface area contributed by atoms with Gasteiger partial charge in [-0.05, 0) is 38.5 Å². The van der Waals surface area contributed by atoms with Crippen LogP contribution in [0.2, 0.25) is 5.02 Å². The fourth-order valence-corrected chi connectivity index (χ4v) is 4.03. The highest BCUT2D eigenvalue weighted by molar-refractivity contribution is 7.89. The van der Waals surface area contributed by atoms with E-state index in [1.165, 1.54) is 22.5 Å². The molecule has 0 heterocycles. The fourth-order valence-electron chi connectivity index (χ4n) is 1.78. The molecule has 0 aliphatic rings. The Hall–Kier alpha value is -1.09. The first kappa shape index (κ1) is 16.0. The lowest BCUT2D eigenvalue weighted by molar-refractivity contribution is 0.354. The summed E-state index contributed by atoms with van der Waals surface area (Å²) in [7, 11) is -3.63. The van der Waals surface area contributed by atoms with E-state index >= 15 is 0 Å². The minimum atomic E-state index is -3.63. The van der Waals surface area contributed by atoms with Crippen molar-refractivity contribution >= 4 is 21.6 Å². The molecule has 0 N–H and O–H groups in total. The van der Waals surface area contributed by atoms with Crippen LogP contribution in [-0.2, 0) is 10.0 Å². The zero-order valence-electron chi connectivity index (χ0n) is 11.2. The molecular weight excluding hydrogens is 284 g/mol. The average Bonchev–Trinajstić information content (AvgIpc) is 2.34. The number of halogens is 1. The van der Waals surface area contributed by atoms with E-state index in [0.717, 1.165) is 6.42 Å². The van der Waals surface area contributed by atoms with E-state index in [-0.39, 0.29) is 16.0 Å². The lowest BCUT2D eigenvalue weighted by atomic mass is 10.2. The molecule has 0 atom stereocenters. The highest BCUT2D eigenvalue weighted by Crippen LogP contribution is 2.26. The third-order valence-corrected chi connectivity index (χ3v) is 5.23. The number of hydrogen-bond donors (Lipinski definition) is 0. The van der Waals surface area contributed by atoms with Gasteiger partial charge in [0, 0.05) is 12.6 Å². The normalized spacial score (nSPS) is 11.8. The minimum absolute atomic E-state index is 0.0512. The second-order valence-corrected chi connectivity index (χ2v) is 6.73. The summed E-state index contributed by atoms with van der Waals surface area (Å²) in [5, 5.41) is 8.85. The third kappa shape index (κ3) is 3.47. The molecule has 0 fully saturated rings. The summed E-state index contributed by atoms with van der Waals surface area (Å²) in [6.45, 7) is 6.01. The monoisotopic (exact) mass is 300 g/mol. The van der Waals surface area contributed by atoms with E-state index in [2.05, 4.69) is 0 Å². The molecule has 104 valence electrons. The van der Waals surface area contributed by atoms with Crippen molar-refractivity contribution in [2.75, 3.05) is 6.54 Å². The van der Waals surface area contributed by atoms with Crippen molar-refractivity contribution in [3.63, 3.8) is 0 Å². The number of hydrogen-bond acceptors (Lipinski definition) is 3. The summed E-state index contributed by atoms with van der Waals surface area (Å²) in [4.78, 5) is 0.0512. The second-order valence-electron chi connectivity index (χ2n) is 4.47. The Bertz CT molecular complexity index is 591. The fraction of sp³-hybridized carbons (Fsp3) is 0.462. The summed E-state index contributed by atoms with van der Waals surface area (Å²) >= 11 is 5.98. The van der Waals surface area contributed by atoms with Crippen molar-refractivity contribution in [2.45, 2.75) is 38.1 Å². The maximum atomic E-state index is 12.5. The SMILES string of the molecule is CCCN(C(C)C)S(=O)(=O)c1ccc(C#N)cc1Cl. The van der Waals surface area contributed by atoms with Crippen LogP contribution in [0.5, 0.6) is 0 Å². The standard InChI is InChI=1S/C13H17ClN2O2S/c1-4-7-16(10(2)3)19(17,18)13-6-5-11(9-15)8-12(13)14/h5-6,8,10H,4,7H2,1-3H3. The van der Waals surface area contributed by atoms with Crippen LogP contribution in [0.15, 0.2) is 23.1 Å². The predicted molar refractivity (Wildman–Crippen MR) is 75.5 cm³/mol. The van der Waals surface area contributed by atoms with Crippen LogP contribution in [0.4, 0.5) is 0 Å². The Labute approximate surface area is 119 Å². The van der Waals surface area contributed by atoms with Gasteiger partial charge in [0.25, 0.3) is 0 Å². The van der Waals surface area contributed by atoms with Gasteiger partial charge in [0.05, 0.1) is 16.7 Å². The van der Waals surface area contributed by atoms with Gasteiger partial charge in [-0.25, -0.2) is 8.42 Å². The Kier molecular flexibility index (Phi) is 5.36. The summed E-state index contributed by atoms with van der Waals surface area (Å²) in [6, 6.07) is 6.01. The molecule has 0 amide bonds. The summed E-state index contributed by atoms with van der Waals surface area (Å²) in [5.74, 6) is 0. The van der Waals surface area contributed by atoms with Crippen LogP contribution in [0.25, 0.3) is 0 Å². The maximum absolute atomic E-state index is 12.5. The van der Waals surface area contributed by atoms with Gasteiger partial charge in [-0.1, -0.05) is 18.5 Å². The van der Waals surface area contributed by atoms with Crippen molar-refractivity contribution < 1.29 is 8.42 Å². The molecule has 0 saturated heterocycles. The molecule has 0 aliphatic heterocycles. The molecule has 0 unspecified atom stereocenters. The quantitative estimate of drug-likeness (QED) is 0.839. The minimum Gasteiger partial charge on any atom is -0.207 e. The zero-order valence-corrected chi connectivity index (χ0v) is 12.8. The van der Waals surface area contributed by atoms with Crippen molar-refractivity contribution in [3.05, 3.63) is 28.8 Å². The van der Waals surface area contributed by atoms with E-state index < -0.39 is 10.0 Å². The van der Waals surface area contributed by atoms with Crippen LogP contribution in [0, 0.1) is 11.3 Å². The molecular formula is C13H17ClN2O2S. The molecule has 4 nitrogen and oxygen atoms in total. The van der Waals surface area contributed by atoms with Gasteiger partial charge in [0.2, 0.25) is 10.0 Å². The van der Waals surface area contributed by atoms with Crippen LogP contribution >= 0.6 is 11.6 Å². The van der Waals surface area contributed by atoms with E-state index in [1.54, 1.807) is 0 Å². The number of benzene rings is 1. The van der Waals surface area contributed by atoms with Gasteiger partial charge in [-0.3, -0.25) is 0 Å². The maximum Gasteiger partial charge on any atom is 0.244 e. The number of rotatable bonds is 5. The highest BCUT2D eigenvalue weighted by Gasteiger charge is 2.28. The van der Waals surface area contributed by atoms with Crippen molar-refractivity contribution in [1.82, 2.24) is 4.31 Å². The van der Waals surface area contributed by atoms with Gasteiger partial charge in [0.1, 0.15) is 4.90 Å². The van der Waals surface area contributed by atoms with Gasteiger partial charge in [-0.2, -0.15) is 9.57 Å².